The second-order valence-corrected chi connectivity index (χ2v) is 1.14. The molecule has 2 heteroatoms. The summed E-state index contributed by atoms with van der Waals surface area (Å²) in [6.45, 7) is -13.4. The number of morpholine rings is 1. The Balaban J connectivity index is 3.49. The van der Waals surface area contributed by atoms with Crippen LogP contribution in [-0.4, -0.2) is 25.2 Å². The van der Waals surface area contributed by atoms with Gasteiger partial charge in [0.05, 0.1) is 14.9 Å². The third kappa shape index (κ3) is 1.46. The van der Waals surface area contributed by atoms with Gasteiger partial charge in [-0.15, -0.1) is 0 Å². The van der Waals surface area contributed by atoms with Crippen LogP contribution in [0.15, 0.2) is 0 Å². The highest BCUT2D eigenvalue weighted by atomic mass is 16.5. The van der Waals surface area contributed by atoms with E-state index in [1.54, 1.807) is 0 Å². The molecule has 1 rings (SSSR count). The maximum atomic E-state index is 7.63. The Morgan fingerprint density at radius 1 is 1.75 bits per heavy atom. The Morgan fingerprint density at radius 3 is 2.88 bits per heavy atom. The van der Waals surface area contributed by atoms with Crippen LogP contribution in [-0.2, 0) is 4.74 Å². The lowest BCUT2D eigenvalue weighted by Gasteiger charge is -2.25. The lowest BCUT2D eigenvalue weighted by Crippen LogP contribution is -2.41. The molecule has 0 aromatic carbocycles. The molecule has 0 aromatic rings. The minimum Gasteiger partial charge on any atom is -0.373 e. The summed E-state index contributed by atoms with van der Waals surface area (Å²) in [6, 6.07) is 0. The van der Waals surface area contributed by atoms with Gasteiger partial charge in [0.25, 0.3) is 0 Å². The van der Waals surface area contributed by atoms with E-state index >= 15 is 0 Å². The third-order valence-electron chi connectivity index (χ3n) is 0.556. The molecule has 2 atom stereocenters. The van der Waals surface area contributed by atoms with E-state index in [4.69, 9.17) is 16.4 Å². The van der Waals surface area contributed by atoms with E-state index in [0.29, 0.717) is 0 Å². The zero-order chi connectivity index (χ0) is 16.4. The molecule has 48 valence electrons. The molecular formula is C6H13NO. The van der Waals surface area contributed by atoms with Crippen molar-refractivity contribution in [2.75, 3.05) is 13.0 Å². The zero-order valence-electron chi connectivity index (χ0n) is 15.9. The minimum absolute atomic E-state index is 1.47. The molecule has 1 heterocycles. The van der Waals surface area contributed by atoms with Crippen molar-refractivity contribution in [1.82, 2.24) is 5.32 Å². The standard InChI is InChI=1S/C6H13NO/c1-5-3-7-4-6(2)8-5/h5-7H,3-4H2,1-2H3/i1D3,2D3,3D2,4D2,5D,6D. The molecule has 1 N–H and O–H groups in total. The first-order valence-electron chi connectivity index (χ1n) is 7.91. The highest BCUT2D eigenvalue weighted by Gasteiger charge is 2.12. The van der Waals surface area contributed by atoms with Crippen molar-refractivity contribution >= 4 is 0 Å². The van der Waals surface area contributed by atoms with E-state index in [-0.39, 0.29) is 0 Å². The monoisotopic (exact) mass is 127 g/mol. The third-order valence-corrected chi connectivity index (χ3v) is 0.556. The Kier molecular flexibility index (Phi) is 0.294. The van der Waals surface area contributed by atoms with E-state index in [0.717, 1.165) is 0 Å². The number of ether oxygens (including phenoxy) is 1. The largest absolute Gasteiger partial charge is 0.373 e. The Labute approximate surface area is 67.1 Å². The SMILES string of the molecule is [2H]C([2H])([2H])C1([2H])OC([2H])(C([2H])([2H])[2H])C([2H])([2H])NC1([2H])[2H]. The van der Waals surface area contributed by atoms with Gasteiger partial charge in [0.2, 0.25) is 0 Å². The number of hydrogen-bond acceptors (Lipinski definition) is 2. The minimum atomic E-state index is -3.46. The fourth-order valence-corrected chi connectivity index (χ4v) is 0.298. The van der Waals surface area contributed by atoms with Gasteiger partial charge in [0.15, 0.2) is 0 Å². The summed E-state index contributed by atoms with van der Waals surface area (Å²) < 4.78 is 92.3. The van der Waals surface area contributed by atoms with Crippen molar-refractivity contribution in [2.24, 2.45) is 0 Å². The summed E-state index contributed by atoms with van der Waals surface area (Å²) in [4.78, 5) is 0. The molecule has 0 aromatic heterocycles. The van der Waals surface area contributed by atoms with Crippen LogP contribution < -0.4 is 5.32 Å². The fraction of sp³-hybridized carbons (Fsp3) is 1.00. The number of nitrogens with one attached hydrogen (secondary N) is 1. The number of rotatable bonds is 0. The predicted molar refractivity (Wildman–Crippen MR) is 32.9 cm³/mol. The molecule has 0 aliphatic carbocycles. The molecule has 0 amide bonds. The van der Waals surface area contributed by atoms with E-state index in [2.05, 4.69) is 4.74 Å². The first-order chi connectivity index (χ1) is 8.41. The molecule has 2 nitrogen and oxygen atoms in total. The van der Waals surface area contributed by atoms with Crippen molar-refractivity contribution < 1.29 is 21.2 Å². The smallest absolute Gasteiger partial charge is 0.0675 e. The van der Waals surface area contributed by atoms with Gasteiger partial charge in [0.1, 0.15) is 0 Å². The first kappa shape index (κ1) is 0.956. The van der Waals surface area contributed by atoms with Gasteiger partial charge in [0, 0.05) is 26.7 Å². The predicted octanol–water partition coefficient (Wildman–Crippen LogP) is 0.383. The lowest BCUT2D eigenvalue weighted by molar-refractivity contribution is -0.0166. The van der Waals surface area contributed by atoms with Crippen LogP contribution in [0, 0.1) is 0 Å². The van der Waals surface area contributed by atoms with Gasteiger partial charge >= 0.3 is 0 Å². The quantitative estimate of drug-likeness (QED) is 0.508. The summed E-state index contributed by atoms with van der Waals surface area (Å²) in [5.41, 5.74) is 0. The first-order valence-corrected chi connectivity index (χ1v) is 1.91. The van der Waals surface area contributed by atoms with E-state index in [1.807, 2.05) is 0 Å². The normalized spacial score (nSPS) is 96.0. The topological polar surface area (TPSA) is 21.3 Å². The highest BCUT2D eigenvalue weighted by molar-refractivity contribution is 4.66. The van der Waals surface area contributed by atoms with Crippen LogP contribution in [0.1, 0.15) is 30.2 Å². The van der Waals surface area contributed by atoms with Gasteiger partial charge in [-0.3, -0.25) is 0 Å². The van der Waals surface area contributed by atoms with Crippen molar-refractivity contribution in [3.8, 4) is 0 Å². The van der Waals surface area contributed by atoms with Crippen LogP contribution in [0.2, 0.25) is 0 Å². The van der Waals surface area contributed by atoms with Crippen molar-refractivity contribution in [1.29, 1.82) is 0 Å². The summed E-state index contributed by atoms with van der Waals surface area (Å²) >= 11 is 0. The average Bonchev–Trinajstić information content (AvgIpc) is 2.09. The van der Waals surface area contributed by atoms with E-state index < -0.39 is 38.9 Å². The van der Waals surface area contributed by atoms with Crippen LogP contribution in [0.5, 0.6) is 0 Å². The van der Waals surface area contributed by atoms with Crippen molar-refractivity contribution in [3.05, 3.63) is 0 Å². The van der Waals surface area contributed by atoms with E-state index in [9.17, 15) is 0 Å². The molecule has 1 saturated heterocycles. The second-order valence-electron chi connectivity index (χ2n) is 1.14. The van der Waals surface area contributed by atoms with Crippen LogP contribution in [0.25, 0.3) is 0 Å². The summed E-state index contributed by atoms with van der Waals surface area (Å²) in [5.74, 6) is 0. The van der Waals surface area contributed by atoms with Gasteiger partial charge < -0.3 is 10.1 Å². The summed E-state index contributed by atoms with van der Waals surface area (Å²) in [7, 11) is 0. The molecule has 2 unspecified atom stereocenters. The van der Waals surface area contributed by atoms with Crippen molar-refractivity contribution in [3.63, 3.8) is 0 Å². The van der Waals surface area contributed by atoms with Gasteiger partial charge in [-0.2, -0.15) is 0 Å². The van der Waals surface area contributed by atoms with Gasteiger partial charge in [-0.05, 0) is 13.7 Å². The van der Waals surface area contributed by atoms with E-state index in [1.165, 1.54) is 5.32 Å². The maximum absolute atomic E-state index is 7.63. The molecule has 0 bridgehead atoms. The molecule has 1 aliphatic rings. The Bertz CT molecular complexity index is 364. The van der Waals surface area contributed by atoms with Crippen LogP contribution >= 0.6 is 0 Å². The molecule has 0 spiro atoms. The Hall–Kier alpha value is -0.0800. The Morgan fingerprint density at radius 2 is 2.38 bits per heavy atom. The van der Waals surface area contributed by atoms with Gasteiger partial charge in [-0.25, -0.2) is 0 Å². The summed E-state index contributed by atoms with van der Waals surface area (Å²) in [6.07, 6.45) is -6.91. The molecule has 0 radical (unpaired) electrons. The van der Waals surface area contributed by atoms with Crippen LogP contribution in [0.3, 0.4) is 0 Å². The molecule has 1 fully saturated rings. The van der Waals surface area contributed by atoms with Gasteiger partial charge in [-0.1, -0.05) is 0 Å². The highest BCUT2D eigenvalue weighted by Crippen LogP contribution is 2.00. The molecular weight excluding hydrogens is 102 g/mol. The molecule has 8 heavy (non-hydrogen) atoms. The lowest BCUT2D eigenvalue weighted by atomic mass is 10.3. The second kappa shape index (κ2) is 2.46. The maximum Gasteiger partial charge on any atom is 0.0675 e. The average molecular weight is 127 g/mol. The molecule has 0 saturated carbocycles. The zero-order valence-corrected chi connectivity index (χ0v) is 3.91. The summed E-state index contributed by atoms with van der Waals surface area (Å²) in [5, 5.41) is 1.47. The number of hydrogen-bond donors (Lipinski definition) is 1. The van der Waals surface area contributed by atoms with Crippen molar-refractivity contribution in [2.45, 2.75) is 25.9 Å². The van der Waals surface area contributed by atoms with Crippen LogP contribution in [0.4, 0.5) is 0 Å². The molecule has 1 aliphatic heterocycles. The fourth-order valence-electron chi connectivity index (χ4n) is 0.298.